The molecule has 4 heteroatoms. The quantitative estimate of drug-likeness (QED) is 0.170. The van der Waals surface area contributed by atoms with E-state index in [-0.39, 0.29) is 5.92 Å². The van der Waals surface area contributed by atoms with Gasteiger partial charge in [0.05, 0.1) is 5.70 Å². The molecule has 0 amide bonds. The van der Waals surface area contributed by atoms with Crippen molar-refractivity contribution < 1.29 is 8.83 Å². The highest BCUT2D eigenvalue weighted by molar-refractivity contribution is 6.16. The van der Waals surface area contributed by atoms with Gasteiger partial charge in [0.25, 0.3) is 0 Å². The number of benzene rings is 8. The van der Waals surface area contributed by atoms with Crippen molar-refractivity contribution >= 4 is 71.9 Å². The van der Waals surface area contributed by atoms with Gasteiger partial charge in [-0.1, -0.05) is 140 Å². The molecule has 0 fully saturated rings. The number of amidine groups is 1. The zero-order chi connectivity index (χ0) is 38.7. The minimum atomic E-state index is 0.0207. The van der Waals surface area contributed by atoms with Crippen LogP contribution in [0, 0.1) is 6.92 Å². The van der Waals surface area contributed by atoms with Crippen LogP contribution in [0.4, 0.5) is 0 Å². The Morgan fingerprint density at radius 3 is 2.00 bits per heavy atom. The maximum atomic E-state index is 6.54. The van der Waals surface area contributed by atoms with E-state index in [4.69, 9.17) is 18.8 Å². The first-order valence-electron chi connectivity index (χ1n) is 19.9. The van der Waals surface area contributed by atoms with Gasteiger partial charge in [-0.15, -0.1) is 0 Å². The maximum absolute atomic E-state index is 6.54. The standard InChI is InChI=1S/C54H38N2O2/c1-33-27-36-15-6-7-16-38(36)29-45(33)42-20-9-8-19-41(42)34(2)48-25-26-49(56-54(55-48)40-18-12-17-37(28-40)35-13-4-3-5-14-35)39-23-24-44-47-31-46-43-21-10-11-22-50(43)57-52(46)32-53(47)58-51(44)30-39/h3-24,26-32,34H,25H2,1-2H3. The molecule has 1 aliphatic rings. The minimum Gasteiger partial charge on any atom is -0.456 e. The number of para-hydroxylation sites is 1. The van der Waals surface area contributed by atoms with Gasteiger partial charge >= 0.3 is 0 Å². The fraction of sp³-hybridized carbons (Fsp3) is 0.0741. The smallest absolute Gasteiger partial charge is 0.159 e. The lowest BCUT2D eigenvalue weighted by molar-refractivity contribution is 0.656. The number of furan rings is 2. The normalized spacial score (nSPS) is 13.9. The molecule has 0 aliphatic carbocycles. The summed E-state index contributed by atoms with van der Waals surface area (Å²) in [6.45, 7) is 4.50. The lowest BCUT2D eigenvalue weighted by atomic mass is 9.85. The first kappa shape index (κ1) is 34.0. The molecule has 8 aromatic carbocycles. The molecule has 0 saturated heterocycles. The molecule has 4 nitrogen and oxygen atoms in total. The lowest BCUT2D eigenvalue weighted by Gasteiger charge is -2.20. The topological polar surface area (TPSA) is 51.0 Å². The molecular formula is C54H38N2O2. The Morgan fingerprint density at radius 2 is 1.14 bits per heavy atom. The third-order valence-electron chi connectivity index (χ3n) is 11.8. The van der Waals surface area contributed by atoms with Gasteiger partial charge in [-0.3, -0.25) is 0 Å². The van der Waals surface area contributed by atoms with Gasteiger partial charge in [-0.25, -0.2) is 9.98 Å². The SMILES string of the molecule is Cc1cc2ccccc2cc1-c1ccccc1C(C)C1=NC(c2cccc(-c3ccccc3)c2)=NC(c2ccc3c(c2)oc2cc4oc5ccccc5c4cc23)=CC1. The molecule has 3 heterocycles. The zero-order valence-electron chi connectivity index (χ0n) is 32.2. The van der Waals surface area contributed by atoms with E-state index >= 15 is 0 Å². The van der Waals surface area contributed by atoms with Crippen LogP contribution in [-0.4, -0.2) is 11.5 Å². The summed E-state index contributed by atoms with van der Waals surface area (Å²) in [4.78, 5) is 10.8. The number of aryl methyl sites for hydroxylation is 1. The second kappa shape index (κ2) is 13.7. The monoisotopic (exact) mass is 746 g/mol. The number of allylic oxidation sites excluding steroid dienone is 1. The average molecular weight is 747 g/mol. The van der Waals surface area contributed by atoms with Crippen LogP contribution in [0.3, 0.4) is 0 Å². The maximum Gasteiger partial charge on any atom is 0.159 e. The van der Waals surface area contributed by atoms with Crippen LogP contribution in [-0.2, 0) is 0 Å². The summed E-state index contributed by atoms with van der Waals surface area (Å²) >= 11 is 0. The largest absolute Gasteiger partial charge is 0.456 e. The van der Waals surface area contributed by atoms with Crippen molar-refractivity contribution in [3.8, 4) is 22.3 Å². The molecule has 1 unspecified atom stereocenters. The number of hydrogen-bond donors (Lipinski definition) is 0. The predicted molar refractivity (Wildman–Crippen MR) is 242 cm³/mol. The van der Waals surface area contributed by atoms with Gasteiger partial charge in [0.2, 0.25) is 0 Å². The predicted octanol–water partition coefficient (Wildman–Crippen LogP) is 14.7. The molecule has 1 aliphatic heterocycles. The Labute approximate surface area is 336 Å². The molecule has 1 atom stereocenters. The van der Waals surface area contributed by atoms with Crippen molar-refractivity contribution in [1.29, 1.82) is 0 Å². The fourth-order valence-corrected chi connectivity index (χ4v) is 8.72. The van der Waals surface area contributed by atoms with E-state index in [1.165, 1.54) is 33.0 Å². The molecule has 0 saturated carbocycles. The van der Waals surface area contributed by atoms with Crippen molar-refractivity contribution in [2.45, 2.75) is 26.2 Å². The van der Waals surface area contributed by atoms with E-state index in [2.05, 4.69) is 166 Å². The summed E-state index contributed by atoms with van der Waals surface area (Å²) in [6.07, 6.45) is 2.88. The highest BCUT2D eigenvalue weighted by atomic mass is 16.3. The van der Waals surface area contributed by atoms with Crippen molar-refractivity contribution in [3.05, 3.63) is 198 Å². The van der Waals surface area contributed by atoms with Crippen molar-refractivity contribution in [1.82, 2.24) is 0 Å². The molecule has 0 spiro atoms. The Kier molecular flexibility index (Phi) is 8.04. The first-order valence-corrected chi connectivity index (χ1v) is 19.9. The lowest BCUT2D eigenvalue weighted by Crippen LogP contribution is -2.12. The highest BCUT2D eigenvalue weighted by Crippen LogP contribution is 2.39. The van der Waals surface area contributed by atoms with E-state index < -0.39 is 0 Å². The molecule has 10 aromatic rings. The van der Waals surface area contributed by atoms with Crippen molar-refractivity contribution in [2.24, 2.45) is 9.98 Å². The average Bonchev–Trinajstić information content (AvgIpc) is 3.72. The van der Waals surface area contributed by atoms with Gasteiger partial charge in [-0.05, 0) is 87.5 Å². The minimum absolute atomic E-state index is 0.0207. The molecule has 276 valence electrons. The fourth-order valence-electron chi connectivity index (χ4n) is 8.72. The van der Waals surface area contributed by atoms with Crippen LogP contribution in [0.5, 0.6) is 0 Å². The highest BCUT2D eigenvalue weighted by Gasteiger charge is 2.22. The van der Waals surface area contributed by atoms with Crippen molar-refractivity contribution in [2.75, 3.05) is 0 Å². The summed E-state index contributed by atoms with van der Waals surface area (Å²) in [6, 6.07) is 59.9. The molecule has 58 heavy (non-hydrogen) atoms. The molecule has 2 aromatic heterocycles. The van der Waals surface area contributed by atoms with E-state index in [0.717, 1.165) is 77.5 Å². The van der Waals surface area contributed by atoms with Crippen LogP contribution >= 0.6 is 0 Å². The van der Waals surface area contributed by atoms with Crippen LogP contribution in [0.1, 0.15) is 41.5 Å². The third-order valence-corrected chi connectivity index (χ3v) is 11.8. The second-order valence-electron chi connectivity index (χ2n) is 15.4. The van der Waals surface area contributed by atoms with E-state index in [0.29, 0.717) is 12.3 Å². The van der Waals surface area contributed by atoms with Crippen LogP contribution < -0.4 is 0 Å². The van der Waals surface area contributed by atoms with Gasteiger partial charge < -0.3 is 8.83 Å². The van der Waals surface area contributed by atoms with E-state index in [1.807, 2.05) is 24.3 Å². The third kappa shape index (κ3) is 5.84. The molecule has 0 N–H and O–H groups in total. The summed E-state index contributed by atoms with van der Waals surface area (Å²) < 4.78 is 12.7. The summed E-state index contributed by atoms with van der Waals surface area (Å²) in [5, 5.41) is 6.81. The van der Waals surface area contributed by atoms with Gasteiger partial charge in [0.15, 0.2) is 5.84 Å². The Hall–Kier alpha value is -7.30. The van der Waals surface area contributed by atoms with E-state index in [9.17, 15) is 0 Å². The number of fused-ring (bicyclic) bond motifs is 7. The molecular weight excluding hydrogens is 709 g/mol. The molecule has 0 radical (unpaired) electrons. The Balaban J connectivity index is 1.03. The van der Waals surface area contributed by atoms with Crippen LogP contribution in [0.2, 0.25) is 0 Å². The number of rotatable bonds is 6. The summed E-state index contributed by atoms with van der Waals surface area (Å²) in [7, 11) is 0. The second-order valence-corrected chi connectivity index (χ2v) is 15.4. The van der Waals surface area contributed by atoms with Gasteiger partial charge in [0.1, 0.15) is 22.3 Å². The number of aliphatic imine (C=N–C) groups is 2. The van der Waals surface area contributed by atoms with Crippen LogP contribution in [0.15, 0.2) is 195 Å². The Morgan fingerprint density at radius 1 is 0.466 bits per heavy atom. The Bertz CT molecular complexity index is 3340. The zero-order valence-corrected chi connectivity index (χ0v) is 32.2. The van der Waals surface area contributed by atoms with Crippen LogP contribution in [0.25, 0.3) is 82.6 Å². The summed E-state index contributed by atoms with van der Waals surface area (Å²) in [5.74, 6) is 0.715. The number of nitrogens with zero attached hydrogens (tertiary/aromatic N) is 2. The van der Waals surface area contributed by atoms with Crippen molar-refractivity contribution in [3.63, 3.8) is 0 Å². The molecule has 11 rings (SSSR count). The summed E-state index contributed by atoms with van der Waals surface area (Å²) in [5.41, 5.74) is 14.4. The first-order chi connectivity index (χ1) is 28.5. The molecule has 0 bridgehead atoms. The van der Waals surface area contributed by atoms with Gasteiger partial charge in [0, 0.05) is 56.8 Å². The number of hydrogen-bond acceptors (Lipinski definition) is 4. The van der Waals surface area contributed by atoms with E-state index in [1.54, 1.807) is 0 Å². The van der Waals surface area contributed by atoms with Gasteiger partial charge in [-0.2, -0.15) is 0 Å².